The first-order valence-corrected chi connectivity index (χ1v) is 9.09. The highest BCUT2D eigenvalue weighted by molar-refractivity contribution is 8.00. The van der Waals surface area contributed by atoms with Crippen LogP contribution < -0.4 is 15.4 Å². The summed E-state index contributed by atoms with van der Waals surface area (Å²) in [4.78, 5) is 27.3. The van der Waals surface area contributed by atoms with Gasteiger partial charge in [0, 0.05) is 24.4 Å². The third-order valence-electron chi connectivity index (χ3n) is 3.06. The number of aromatic nitrogens is 2. The highest BCUT2D eigenvalue weighted by Crippen LogP contribution is 2.19. The lowest BCUT2D eigenvalue weighted by molar-refractivity contribution is -0.154. The monoisotopic (exact) mass is 418 g/mol. The van der Waals surface area contributed by atoms with Crippen LogP contribution in [0.15, 0.2) is 28.9 Å². The summed E-state index contributed by atoms with van der Waals surface area (Å²) >= 11 is 1.07. The van der Waals surface area contributed by atoms with Gasteiger partial charge in [-0.15, -0.1) is 11.8 Å². The summed E-state index contributed by atoms with van der Waals surface area (Å²) in [5.41, 5.74) is 0.309. The van der Waals surface area contributed by atoms with Gasteiger partial charge in [-0.3, -0.25) is 9.59 Å². The van der Waals surface area contributed by atoms with Crippen LogP contribution in [0, 0.1) is 6.92 Å². The first-order valence-electron chi connectivity index (χ1n) is 7.94. The van der Waals surface area contributed by atoms with E-state index in [2.05, 4.69) is 25.5 Å². The van der Waals surface area contributed by atoms with Crippen molar-refractivity contribution < 1.29 is 32.0 Å². The maximum absolute atomic E-state index is 12.3. The topological polar surface area (TPSA) is 106 Å². The molecule has 0 unspecified atom stereocenters. The Balaban J connectivity index is 1.71. The lowest BCUT2D eigenvalue weighted by Gasteiger charge is -2.12. The van der Waals surface area contributed by atoms with Crippen molar-refractivity contribution in [3.63, 3.8) is 0 Å². The number of pyridine rings is 1. The Morgan fingerprint density at radius 1 is 1.29 bits per heavy atom. The third kappa shape index (κ3) is 7.86. The van der Waals surface area contributed by atoms with Crippen LogP contribution in [0.3, 0.4) is 0 Å². The molecule has 2 amide bonds. The lowest BCUT2D eigenvalue weighted by Crippen LogP contribution is -2.26. The molecular formula is C16H17F3N4O4S. The molecule has 0 atom stereocenters. The summed E-state index contributed by atoms with van der Waals surface area (Å²) in [6.07, 6.45) is -3.19. The van der Waals surface area contributed by atoms with Gasteiger partial charge in [-0.05, 0) is 13.0 Å². The van der Waals surface area contributed by atoms with Crippen molar-refractivity contribution in [1.82, 2.24) is 15.5 Å². The number of carbonyl (C=O) groups excluding carboxylic acids is 2. The average molecular weight is 418 g/mol. The Morgan fingerprint density at radius 3 is 2.71 bits per heavy atom. The van der Waals surface area contributed by atoms with Gasteiger partial charge in [0.15, 0.2) is 12.4 Å². The van der Waals surface area contributed by atoms with E-state index in [0.29, 0.717) is 11.3 Å². The first kappa shape index (κ1) is 21.5. The van der Waals surface area contributed by atoms with E-state index in [1.54, 1.807) is 13.0 Å². The van der Waals surface area contributed by atoms with Crippen molar-refractivity contribution in [2.75, 3.05) is 23.4 Å². The van der Waals surface area contributed by atoms with Crippen LogP contribution in [-0.2, 0) is 16.1 Å². The molecule has 2 N–H and O–H groups in total. The molecular weight excluding hydrogens is 401 g/mol. The number of aryl methyl sites for hydroxylation is 1. The summed E-state index contributed by atoms with van der Waals surface area (Å²) in [5.74, 6) is -0.0834. The van der Waals surface area contributed by atoms with Crippen molar-refractivity contribution in [2.24, 2.45) is 0 Å². The molecule has 8 nitrogen and oxygen atoms in total. The third-order valence-corrected chi connectivity index (χ3v) is 3.99. The molecule has 2 aromatic heterocycles. The predicted octanol–water partition coefficient (Wildman–Crippen LogP) is 2.31. The van der Waals surface area contributed by atoms with Crippen molar-refractivity contribution in [3.8, 4) is 5.88 Å². The number of nitrogens with zero attached hydrogens (tertiary/aromatic N) is 2. The van der Waals surface area contributed by atoms with Crippen LogP contribution in [-0.4, -0.2) is 46.2 Å². The molecule has 0 aliphatic rings. The highest BCUT2D eigenvalue weighted by Gasteiger charge is 2.29. The van der Waals surface area contributed by atoms with Crippen LogP contribution >= 0.6 is 11.8 Å². The molecule has 2 heterocycles. The van der Waals surface area contributed by atoms with Gasteiger partial charge in [0.25, 0.3) is 0 Å². The predicted molar refractivity (Wildman–Crippen MR) is 94.8 cm³/mol. The van der Waals surface area contributed by atoms with E-state index in [1.165, 1.54) is 18.3 Å². The van der Waals surface area contributed by atoms with E-state index in [4.69, 9.17) is 4.52 Å². The number of anilines is 1. The standard InChI is InChI=1S/C16H17F3N4O4S/c1-10-5-12(23-27-10)22-14(25)8-28-7-13(24)21-6-11-3-2-4-20-15(11)26-9-16(17,18)19/h2-5H,6-9H2,1H3,(H,21,24)(H,22,23,25). The minimum absolute atomic E-state index is 0.00966. The van der Waals surface area contributed by atoms with Crippen molar-refractivity contribution in [1.29, 1.82) is 0 Å². The zero-order valence-corrected chi connectivity index (χ0v) is 15.5. The molecule has 0 saturated carbocycles. The number of hydrogen-bond donors (Lipinski definition) is 2. The van der Waals surface area contributed by atoms with Crippen LogP contribution in [0.5, 0.6) is 5.88 Å². The zero-order valence-electron chi connectivity index (χ0n) is 14.7. The fraction of sp³-hybridized carbons (Fsp3) is 0.375. The fourth-order valence-corrected chi connectivity index (χ4v) is 2.57. The molecule has 2 aromatic rings. The molecule has 0 aliphatic heterocycles. The van der Waals surface area contributed by atoms with Gasteiger partial charge in [0.05, 0.1) is 11.5 Å². The highest BCUT2D eigenvalue weighted by atomic mass is 32.2. The number of ether oxygens (including phenoxy) is 1. The first-order chi connectivity index (χ1) is 13.2. The number of rotatable bonds is 9. The molecule has 0 fully saturated rings. The molecule has 0 aromatic carbocycles. The molecule has 0 bridgehead atoms. The smallest absolute Gasteiger partial charge is 0.422 e. The number of carbonyl (C=O) groups is 2. The molecule has 28 heavy (non-hydrogen) atoms. The maximum atomic E-state index is 12.3. The quantitative estimate of drug-likeness (QED) is 0.644. The van der Waals surface area contributed by atoms with Crippen LogP contribution in [0.2, 0.25) is 0 Å². The van der Waals surface area contributed by atoms with Crippen molar-refractivity contribution in [3.05, 3.63) is 35.7 Å². The summed E-state index contributed by atoms with van der Waals surface area (Å²) in [6.45, 7) is 0.162. The number of thioether (sulfide) groups is 1. The largest absolute Gasteiger partial charge is 0.468 e. The Labute approximate surface area is 162 Å². The number of nitrogens with one attached hydrogen (secondary N) is 2. The number of amides is 2. The Kier molecular flexibility index (Phi) is 7.67. The van der Waals surface area contributed by atoms with E-state index < -0.39 is 12.8 Å². The maximum Gasteiger partial charge on any atom is 0.422 e. The van der Waals surface area contributed by atoms with Crippen molar-refractivity contribution >= 4 is 29.4 Å². The molecule has 12 heteroatoms. The van der Waals surface area contributed by atoms with Crippen LogP contribution in [0.1, 0.15) is 11.3 Å². The van der Waals surface area contributed by atoms with Crippen LogP contribution in [0.25, 0.3) is 0 Å². The molecule has 0 radical (unpaired) electrons. The molecule has 2 rings (SSSR count). The Bertz CT molecular complexity index is 813. The van der Waals surface area contributed by atoms with Gasteiger partial charge >= 0.3 is 6.18 Å². The molecule has 0 aliphatic carbocycles. The van der Waals surface area contributed by atoms with E-state index in [9.17, 15) is 22.8 Å². The lowest BCUT2D eigenvalue weighted by atomic mass is 10.2. The van der Waals surface area contributed by atoms with Crippen LogP contribution in [0.4, 0.5) is 19.0 Å². The average Bonchev–Trinajstić information content (AvgIpc) is 3.03. The number of halogens is 3. The molecule has 0 saturated heterocycles. The second-order valence-corrected chi connectivity index (χ2v) is 6.50. The van der Waals surface area contributed by atoms with Gasteiger partial charge < -0.3 is 19.9 Å². The van der Waals surface area contributed by atoms with E-state index in [1.807, 2.05) is 0 Å². The summed E-state index contributed by atoms with van der Waals surface area (Å²) in [5, 5.41) is 8.67. The fourth-order valence-electron chi connectivity index (χ4n) is 1.92. The normalized spacial score (nSPS) is 11.1. The number of hydrogen-bond acceptors (Lipinski definition) is 7. The van der Waals surface area contributed by atoms with Gasteiger partial charge in [-0.25, -0.2) is 4.98 Å². The second kappa shape index (κ2) is 9.97. The van der Waals surface area contributed by atoms with Gasteiger partial charge in [0.2, 0.25) is 17.7 Å². The SMILES string of the molecule is Cc1cc(NC(=O)CSCC(=O)NCc2cccnc2OCC(F)(F)F)no1. The van der Waals surface area contributed by atoms with E-state index >= 15 is 0 Å². The number of alkyl halides is 3. The van der Waals surface area contributed by atoms with Gasteiger partial charge in [-0.1, -0.05) is 11.2 Å². The van der Waals surface area contributed by atoms with E-state index in [-0.39, 0.29) is 41.6 Å². The zero-order chi connectivity index (χ0) is 20.6. The summed E-state index contributed by atoms with van der Waals surface area (Å²) in [6, 6.07) is 4.58. The Morgan fingerprint density at radius 2 is 2.04 bits per heavy atom. The Hall–Kier alpha value is -2.76. The van der Waals surface area contributed by atoms with Gasteiger partial charge in [-0.2, -0.15) is 13.2 Å². The van der Waals surface area contributed by atoms with E-state index in [0.717, 1.165) is 11.8 Å². The molecule has 0 spiro atoms. The molecule has 152 valence electrons. The minimum atomic E-state index is -4.49. The summed E-state index contributed by atoms with van der Waals surface area (Å²) in [7, 11) is 0. The van der Waals surface area contributed by atoms with Crippen molar-refractivity contribution in [2.45, 2.75) is 19.6 Å². The van der Waals surface area contributed by atoms with Gasteiger partial charge in [0.1, 0.15) is 5.76 Å². The minimum Gasteiger partial charge on any atom is -0.468 e. The second-order valence-electron chi connectivity index (χ2n) is 5.51. The summed E-state index contributed by atoms with van der Waals surface area (Å²) < 4.78 is 46.3.